The minimum absolute atomic E-state index is 0.0671. The monoisotopic (exact) mass is 337 g/mol. The van der Waals surface area contributed by atoms with Crippen molar-refractivity contribution in [2.24, 2.45) is 0 Å². The van der Waals surface area contributed by atoms with Gasteiger partial charge in [-0.15, -0.1) is 0 Å². The maximum Gasteiger partial charge on any atom is 0.344 e. The Bertz CT molecular complexity index is 580. The van der Waals surface area contributed by atoms with Gasteiger partial charge in [-0.1, -0.05) is 12.1 Å². The summed E-state index contributed by atoms with van der Waals surface area (Å²) >= 11 is 0. The molecule has 0 aliphatic heterocycles. The molecular weight excluding hydrogens is 314 g/mol. The van der Waals surface area contributed by atoms with Crippen molar-refractivity contribution < 1.29 is 28.6 Å². The largest absolute Gasteiger partial charge is 0.497 e. The normalized spacial score (nSPS) is 10.7. The molecule has 1 amide bonds. The highest BCUT2D eigenvalue weighted by molar-refractivity contribution is 6.08. The van der Waals surface area contributed by atoms with Crippen molar-refractivity contribution in [3.05, 3.63) is 29.8 Å². The first-order valence-electron chi connectivity index (χ1n) is 7.65. The standard InChI is InChI=1S/C17H23NO6/c1-5-23-15(20)17(18-12(3)19,16(21)24-6-2)11-13-8-7-9-14(10-13)22-4/h7-10H,5-6,11H2,1-4H3,(H,18,19). The second-order valence-electron chi connectivity index (χ2n) is 5.06. The minimum atomic E-state index is -1.94. The van der Waals surface area contributed by atoms with E-state index in [1.807, 2.05) is 0 Å². The van der Waals surface area contributed by atoms with Gasteiger partial charge >= 0.3 is 11.9 Å². The number of carbonyl (C=O) groups excluding carboxylic acids is 3. The van der Waals surface area contributed by atoms with E-state index in [2.05, 4.69) is 5.32 Å². The second-order valence-corrected chi connectivity index (χ2v) is 5.06. The van der Waals surface area contributed by atoms with Crippen molar-refractivity contribution in [3.8, 4) is 5.75 Å². The molecule has 0 unspecified atom stereocenters. The van der Waals surface area contributed by atoms with Gasteiger partial charge in [-0.3, -0.25) is 4.79 Å². The maximum atomic E-state index is 12.5. The van der Waals surface area contributed by atoms with E-state index in [1.165, 1.54) is 14.0 Å². The third-order valence-electron chi connectivity index (χ3n) is 3.24. The average molecular weight is 337 g/mol. The van der Waals surface area contributed by atoms with Crippen molar-refractivity contribution in [1.82, 2.24) is 5.32 Å². The Morgan fingerprint density at radius 2 is 1.67 bits per heavy atom. The topological polar surface area (TPSA) is 90.9 Å². The molecule has 0 radical (unpaired) electrons. The summed E-state index contributed by atoms with van der Waals surface area (Å²) in [7, 11) is 1.51. The lowest BCUT2D eigenvalue weighted by Gasteiger charge is -2.29. The molecule has 24 heavy (non-hydrogen) atoms. The Morgan fingerprint density at radius 3 is 2.12 bits per heavy atom. The number of hydrogen-bond donors (Lipinski definition) is 1. The summed E-state index contributed by atoms with van der Waals surface area (Å²) < 4.78 is 15.2. The zero-order chi connectivity index (χ0) is 18.2. The van der Waals surface area contributed by atoms with E-state index < -0.39 is 23.4 Å². The number of carbonyl (C=O) groups is 3. The smallest absolute Gasteiger partial charge is 0.344 e. The highest BCUT2D eigenvalue weighted by Gasteiger charge is 2.50. The first-order chi connectivity index (χ1) is 11.4. The molecule has 1 aromatic carbocycles. The fraction of sp³-hybridized carbons (Fsp3) is 0.471. The predicted molar refractivity (Wildman–Crippen MR) is 86.5 cm³/mol. The van der Waals surface area contributed by atoms with Crippen molar-refractivity contribution >= 4 is 17.8 Å². The van der Waals surface area contributed by atoms with Crippen molar-refractivity contribution in [1.29, 1.82) is 0 Å². The Kier molecular flexibility index (Phi) is 7.23. The van der Waals surface area contributed by atoms with Gasteiger partial charge < -0.3 is 19.5 Å². The number of ether oxygens (including phenoxy) is 3. The number of benzene rings is 1. The van der Waals surface area contributed by atoms with Crippen LogP contribution >= 0.6 is 0 Å². The molecule has 0 aliphatic carbocycles. The number of methoxy groups -OCH3 is 1. The number of nitrogens with one attached hydrogen (secondary N) is 1. The molecule has 0 aliphatic rings. The molecule has 0 saturated carbocycles. The van der Waals surface area contributed by atoms with E-state index in [0.717, 1.165) is 0 Å². The Balaban J connectivity index is 3.33. The zero-order valence-corrected chi connectivity index (χ0v) is 14.4. The van der Waals surface area contributed by atoms with Crippen LogP contribution in [0.4, 0.5) is 0 Å². The molecule has 0 fully saturated rings. The molecule has 0 atom stereocenters. The van der Waals surface area contributed by atoms with E-state index >= 15 is 0 Å². The second kappa shape index (κ2) is 8.90. The first-order valence-corrected chi connectivity index (χ1v) is 7.65. The lowest BCUT2D eigenvalue weighted by molar-refractivity contribution is -0.168. The SMILES string of the molecule is CCOC(=O)C(Cc1cccc(OC)c1)(NC(C)=O)C(=O)OCC. The Hall–Kier alpha value is -2.57. The molecule has 0 saturated heterocycles. The van der Waals surface area contributed by atoms with Gasteiger partial charge in [0, 0.05) is 13.3 Å². The number of rotatable bonds is 8. The van der Waals surface area contributed by atoms with Crippen LogP contribution in [-0.2, 0) is 30.3 Å². The van der Waals surface area contributed by atoms with E-state index in [-0.39, 0.29) is 19.6 Å². The summed E-state index contributed by atoms with van der Waals surface area (Å²) in [6.45, 7) is 4.59. The lowest BCUT2D eigenvalue weighted by Crippen LogP contribution is -2.62. The van der Waals surface area contributed by atoms with Crippen LogP contribution in [0.2, 0.25) is 0 Å². The molecule has 132 valence electrons. The highest BCUT2D eigenvalue weighted by atomic mass is 16.6. The summed E-state index contributed by atoms with van der Waals surface area (Å²) in [6.07, 6.45) is -0.110. The zero-order valence-electron chi connectivity index (χ0n) is 14.4. The quantitative estimate of drug-likeness (QED) is 0.567. The van der Waals surface area contributed by atoms with Gasteiger partial charge in [0.15, 0.2) is 0 Å². The van der Waals surface area contributed by atoms with Crippen LogP contribution < -0.4 is 10.1 Å². The average Bonchev–Trinajstić information content (AvgIpc) is 2.54. The summed E-state index contributed by atoms with van der Waals surface area (Å²) in [5, 5.41) is 2.42. The van der Waals surface area contributed by atoms with Gasteiger partial charge in [0.05, 0.1) is 20.3 Å². The van der Waals surface area contributed by atoms with Crippen LogP contribution in [0.15, 0.2) is 24.3 Å². The van der Waals surface area contributed by atoms with E-state index in [0.29, 0.717) is 11.3 Å². The molecule has 7 heteroatoms. The molecule has 0 bridgehead atoms. The van der Waals surface area contributed by atoms with Gasteiger partial charge in [0.2, 0.25) is 11.4 Å². The summed E-state index contributed by atoms with van der Waals surface area (Å²) in [5.74, 6) is -1.70. The van der Waals surface area contributed by atoms with Gasteiger partial charge in [-0.05, 0) is 31.5 Å². The number of esters is 2. The van der Waals surface area contributed by atoms with Gasteiger partial charge in [0.25, 0.3) is 0 Å². The van der Waals surface area contributed by atoms with Crippen molar-refractivity contribution in [3.63, 3.8) is 0 Å². The summed E-state index contributed by atoms with van der Waals surface area (Å²) in [6, 6.07) is 6.86. The van der Waals surface area contributed by atoms with Crippen LogP contribution in [0.3, 0.4) is 0 Å². The van der Waals surface area contributed by atoms with Crippen LogP contribution in [0, 0.1) is 0 Å². The third kappa shape index (κ3) is 4.71. The molecular formula is C17H23NO6. The molecule has 0 spiro atoms. The van der Waals surface area contributed by atoms with E-state index in [9.17, 15) is 14.4 Å². The molecule has 1 rings (SSSR count). The molecule has 1 aromatic rings. The van der Waals surface area contributed by atoms with Crippen LogP contribution in [0.1, 0.15) is 26.3 Å². The maximum absolute atomic E-state index is 12.5. The van der Waals surface area contributed by atoms with Crippen LogP contribution in [0.25, 0.3) is 0 Å². The van der Waals surface area contributed by atoms with Gasteiger partial charge in [-0.2, -0.15) is 0 Å². The van der Waals surface area contributed by atoms with Crippen molar-refractivity contribution in [2.45, 2.75) is 32.7 Å². The Labute approximate surface area is 141 Å². The van der Waals surface area contributed by atoms with E-state index in [1.54, 1.807) is 38.1 Å². The van der Waals surface area contributed by atoms with Crippen molar-refractivity contribution in [2.75, 3.05) is 20.3 Å². The van der Waals surface area contributed by atoms with E-state index in [4.69, 9.17) is 14.2 Å². The minimum Gasteiger partial charge on any atom is -0.497 e. The predicted octanol–water partition coefficient (Wildman–Crippen LogP) is 1.24. The summed E-state index contributed by atoms with van der Waals surface area (Å²) in [5.41, 5.74) is -1.33. The fourth-order valence-electron chi connectivity index (χ4n) is 2.27. The summed E-state index contributed by atoms with van der Waals surface area (Å²) in [4.78, 5) is 36.7. The van der Waals surface area contributed by atoms with Crippen LogP contribution in [0.5, 0.6) is 5.75 Å². The molecule has 0 aromatic heterocycles. The molecule has 0 heterocycles. The molecule has 7 nitrogen and oxygen atoms in total. The third-order valence-corrected chi connectivity index (χ3v) is 3.24. The fourth-order valence-corrected chi connectivity index (χ4v) is 2.27. The lowest BCUT2D eigenvalue weighted by atomic mass is 9.90. The first kappa shape index (κ1) is 19.5. The van der Waals surface area contributed by atoms with Crippen LogP contribution in [-0.4, -0.2) is 43.7 Å². The highest BCUT2D eigenvalue weighted by Crippen LogP contribution is 2.21. The van der Waals surface area contributed by atoms with Gasteiger partial charge in [0.1, 0.15) is 5.75 Å². The van der Waals surface area contributed by atoms with Gasteiger partial charge in [-0.25, -0.2) is 9.59 Å². The Morgan fingerprint density at radius 1 is 1.08 bits per heavy atom. The number of hydrogen-bond acceptors (Lipinski definition) is 6. The molecule has 1 N–H and O–H groups in total. The number of amides is 1.